The number of thiophene rings is 2. The fourth-order valence-electron chi connectivity index (χ4n) is 9.89. The highest BCUT2D eigenvalue weighted by Crippen LogP contribution is 2.52. The third-order valence-corrected chi connectivity index (χ3v) is 15.3. The van der Waals surface area contributed by atoms with Crippen LogP contribution in [0.3, 0.4) is 0 Å². The van der Waals surface area contributed by atoms with Crippen molar-refractivity contribution >= 4 is 102 Å². The van der Waals surface area contributed by atoms with Gasteiger partial charge in [0, 0.05) is 57.8 Å². The maximum absolute atomic E-state index is 2.56. The predicted octanol–water partition coefficient (Wildman–Crippen LogP) is 18.0. The Morgan fingerprint density at radius 3 is 1.67 bits per heavy atom. The van der Waals surface area contributed by atoms with Gasteiger partial charge in [-0.25, -0.2) is 0 Å². The Balaban J connectivity index is 1.14. The molecule has 64 heavy (non-hydrogen) atoms. The van der Waals surface area contributed by atoms with E-state index < -0.39 is 0 Å². The summed E-state index contributed by atoms with van der Waals surface area (Å²) in [5.74, 6) is 0. The SMILES string of the molecule is c1ccc(-c2ccc3c(c2)sc2c(-c4ccccc4)ccc(N(c4ccc5c6ccccc6n(-c6ccccc6)c5c4)c4cccc5c4sc4c(-c6ccccc6)cccc45)c23)cc1. The topological polar surface area (TPSA) is 8.17 Å². The zero-order chi connectivity index (χ0) is 42.1. The number of benzene rings is 10. The molecule has 0 spiro atoms. The Morgan fingerprint density at radius 2 is 0.922 bits per heavy atom. The number of nitrogens with zero attached hydrogens (tertiary/aromatic N) is 2. The van der Waals surface area contributed by atoms with Gasteiger partial charge < -0.3 is 9.47 Å². The van der Waals surface area contributed by atoms with Crippen molar-refractivity contribution < 1.29 is 0 Å². The summed E-state index contributed by atoms with van der Waals surface area (Å²) in [5, 5.41) is 7.53. The molecule has 3 heterocycles. The van der Waals surface area contributed by atoms with Crippen LogP contribution in [0.2, 0.25) is 0 Å². The molecule has 10 aromatic carbocycles. The Labute approximate surface area is 378 Å². The molecule has 0 amide bonds. The summed E-state index contributed by atoms with van der Waals surface area (Å²) in [7, 11) is 0. The lowest BCUT2D eigenvalue weighted by Gasteiger charge is -2.28. The first-order valence-electron chi connectivity index (χ1n) is 21.8. The van der Waals surface area contributed by atoms with Gasteiger partial charge in [-0.15, -0.1) is 22.7 Å². The second-order valence-electron chi connectivity index (χ2n) is 16.4. The third kappa shape index (κ3) is 5.84. The lowest BCUT2D eigenvalue weighted by molar-refractivity contribution is 1.18. The van der Waals surface area contributed by atoms with Crippen molar-refractivity contribution in [3.8, 4) is 39.1 Å². The fourth-order valence-corrected chi connectivity index (χ4v) is 12.5. The largest absolute Gasteiger partial charge is 0.309 e. The zero-order valence-electron chi connectivity index (χ0n) is 34.7. The molecule has 0 atom stereocenters. The van der Waals surface area contributed by atoms with Crippen molar-refractivity contribution in [2.24, 2.45) is 0 Å². The van der Waals surface area contributed by atoms with Gasteiger partial charge in [-0.1, -0.05) is 182 Å². The van der Waals surface area contributed by atoms with Crippen molar-refractivity contribution in [3.05, 3.63) is 231 Å². The molecule has 0 saturated carbocycles. The van der Waals surface area contributed by atoms with E-state index in [1.807, 2.05) is 22.7 Å². The average molecular weight is 851 g/mol. The molecule has 0 aliphatic carbocycles. The van der Waals surface area contributed by atoms with E-state index >= 15 is 0 Å². The Morgan fingerprint density at radius 1 is 0.328 bits per heavy atom. The molecule has 0 aliphatic rings. The van der Waals surface area contributed by atoms with Crippen molar-refractivity contribution in [3.63, 3.8) is 0 Å². The minimum absolute atomic E-state index is 1.11. The van der Waals surface area contributed by atoms with Crippen molar-refractivity contribution in [2.45, 2.75) is 0 Å². The van der Waals surface area contributed by atoms with Crippen LogP contribution in [0.15, 0.2) is 231 Å². The first kappa shape index (κ1) is 36.9. The third-order valence-electron chi connectivity index (χ3n) is 12.8. The number of hydrogen-bond acceptors (Lipinski definition) is 3. The molecule has 13 rings (SSSR count). The van der Waals surface area contributed by atoms with E-state index in [0.717, 1.165) is 22.7 Å². The van der Waals surface area contributed by atoms with Gasteiger partial charge in [0.05, 0.1) is 27.1 Å². The molecule has 4 heteroatoms. The van der Waals surface area contributed by atoms with E-state index in [1.54, 1.807) is 0 Å². The van der Waals surface area contributed by atoms with Crippen molar-refractivity contribution in [2.75, 3.05) is 4.90 Å². The molecule has 2 nitrogen and oxygen atoms in total. The summed E-state index contributed by atoms with van der Waals surface area (Å²) in [4.78, 5) is 2.56. The van der Waals surface area contributed by atoms with E-state index in [1.165, 1.54) is 95.5 Å². The number of fused-ring (bicyclic) bond motifs is 9. The van der Waals surface area contributed by atoms with E-state index in [9.17, 15) is 0 Å². The zero-order valence-corrected chi connectivity index (χ0v) is 36.3. The van der Waals surface area contributed by atoms with Gasteiger partial charge in [-0.2, -0.15) is 0 Å². The summed E-state index contributed by atoms with van der Waals surface area (Å²) in [5.41, 5.74) is 14.3. The van der Waals surface area contributed by atoms with Gasteiger partial charge >= 0.3 is 0 Å². The molecule has 0 saturated heterocycles. The smallest absolute Gasteiger partial charge is 0.0640 e. The van der Waals surface area contributed by atoms with Gasteiger partial charge in [0.25, 0.3) is 0 Å². The van der Waals surface area contributed by atoms with Crippen molar-refractivity contribution in [1.29, 1.82) is 0 Å². The standard InChI is InChI=1S/C60H38N2S2/c1-5-17-39(18-6-1)42-31-33-51-56(37-42)63-60-46(41-21-9-3-10-22-41)35-36-53(57(51)60)62(44-32-34-48-47-25-13-14-29-52(47)61(55(48)38-44)43-23-11-4-12-24-43)54-30-16-28-50-49-27-15-26-45(58(49)64-59(50)54)40-19-7-2-8-20-40/h1-38H. The number of para-hydroxylation sites is 2. The van der Waals surface area contributed by atoms with E-state index in [-0.39, 0.29) is 0 Å². The van der Waals surface area contributed by atoms with Crippen LogP contribution in [0.25, 0.3) is 101 Å². The number of anilines is 3. The molecule has 3 aromatic heterocycles. The lowest BCUT2D eigenvalue weighted by Crippen LogP contribution is -2.11. The van der Waals surface area contributed by atoms with Gasteiger partial charge in [-0.3, -0.25) is 0 Å². The van der Waals surface area contributed by atoms with Crippen LogP contribution in [0.1, 0.15) is 0 Å². The van der Waals surface area contributed by atoms with Crippen LogP contribution < -0.4 is 4.90 Å². The van der Waals surface area contributed by atoms with Gasteiger partial charge in [0.1, 0.15) is 0 Å². The first-order valence-corrected chi connectivity index (χ1v) is 23.4. The molecule has 300 valence electrons. The molecular weight excluding hydrogens is 813 g/mol. The summed E-state index contributed by atoms with van der Waals surface area (Å²) >= 11 is 3.80. The maximum atomic E-state index is 2.56. The van der Waals surface area contributed by atoms with Gasteiger partial charge in [0.15, 0.2) is 0 Å². The summed E-state index contributed by atoms with van der Waals surface area (Å²) in [6, 6.07) is 84.6. The maximum Gasteiger partial charge on any atom is 0.0640 e. The normalized spacial score (nSPS) is 11.8. The number of aromatic nitrogens is 1. The Bertz CT molecular complexity index is 3880. The highest BCUT2D eigenvalue weighted by atomic mass is 32.1. The molecule has 0 fully saturated rings. The lowest BCUT2D eigenvalue weighted by atomic mass is 9.98. The molecule has 0 aliphatic heterocycles. The van der Waals surface area contributed by atoms with Crippen LogP contribution >= 0.6 is 22.7 Å². The monoisotopic (exact) mass is 850 g/mol. The first-order chi connectivity index (χ1) is 31.8. The predicted molar refractivity (Wildman–Crippen MR) is 278 cm³/mol. The van der Waals surface area contributed by atoms with E-state index in [0.29, 0.717) is 0 Å². The quantitative estimate of drug-likeness (QED) is 0.155. The summed E-state index contributed by atoms with van der Waals surface area (Å²) < 4.78 is 7.54. The fraction of sp³-hybridized carbons (Fsp3) is 0. The van der Waals surface area contributed by atoms with Crippen molar-refractivity contribution in [1.82, 2.24) is 4.57 Å². The number of rotatable bonds is 7. The molecule has 0 bridgehead atoms. The number of hydrogen-bond donors (Lipinski definition) is 0. The second-order valence-corrected chi connectivity index (χ2v) is 18.5. The molecule has 13 aromatic rings. The van der Waals surface area contributed by atoms with Gasteiger partial charge in [-0.05, 0) is 81.9 Å². The molecule has 0 unspecified atom stereocenters. The molecule has 0 radical (unpaired) electrons. The van der Waals surface area contributed by atoms with E-state index in [2.05, 4.69) is 240 Å². The second kappa shape index (κ2) is 15.0. The highest BCUT2D eigenvalue weighted by molar-refractivity contribution is 7.27. The summed E-state index contributed by atoms with van der Waals surface area (Å²) in [6.07, 6.45) is 0. The van der Waals surface area contributed by atoms with Crippen LogP contribution in [0.5, 0.6) is 0 Å². The van der Waals surface area contributed by atoms with Crippen LogP contribution in [0, 0.1) is 0 Å². The molecule has 0 N–H and O–H groups in total. The minimum atomic E-state index is 1.11. The van der Waals surface area contributed by atoms with Crippen LogP contribution in [-0.4, -0.2) is 4.57 Å². The Kier molecular flexibility index (Phi) is 8.61. The van der Waals surface area contributed by atoms with Crippen LogP contribution in [0.4, 0.5) is 17.1 Å². The van der Waals surface area contributed by atoms with Crippen LogP contribution in [-0.2, 0) is 0 Å². The average Bonchev–Trinajstić information content (AvgIpc) is 4.05. The summed E-state index contributed by atoms with van der Waals surface area (Å²) in [6.45, 7) is 0. The Hall–Kier alpha value is -7.76. The van der Waals surface area contributed by atoms with E-state index in [4.69, 9.17) is 0 Å². The van der Waals surface area contributed by atoms with Gasteiger partial charge in [0.2, 0.25) is 0 Å². The minimum Gasteiger partial charge on any atom is -0.309 e. The highest BCUT2D eigenvalue weighted by Gasteiger charge is 2.25. The molecular formula is C60H38N2S2.